The van der Waals surface area contributed by atoms with Gasteiger partial charge in [-0.15, -0.1) is 0 Å². The summed E-state index contributed by atoms with van der Waals surface area (Å²) < 4.78 is 11.2. The van der Waals surface area contributed by atoms with E-state index in [9.17, 15) is 9.59 Å². The van der Waals surface area contributed by atoms with Crippen LogP contribution in [0.4, 0.5) is 0 Å². The van der Waals surface area contributed by atoms with Crippen LogP contribution in [0.25, 0.3) is 0 Å². The maximum absolute atomic E-state index is 12.7. The minimum absolute atomic E-state index is 0.291. The molecule has 0 aliphatic carbocycles. The van der Waals surface area contributed by atoms with Gasteiger partial charge in [-0.3, -0.25) is 4.79 Å². The molecule has 0 spiro atoms. The van der Waals surface area contributed by atoms with Gasteiger partial charge in [0.05, 0.1) is 17.3 Å². The summed E-state index contributed by atoms with van der Waals surface area (Å²) in [6.45, 7) is 0.291. The van der Waals surface area contributed by atoms with Crippen molar-refractivity contribution in [3.05, 3.63) is 129 Å². The van der Waals surface area contributed by atoms with Gasteiger partial charge in [0.2, 0.25) is 0 Å². The Labute approximate surface area is 218 Å². The van der Waals surface area contributed by atoms with Crippen LogP contribution in [0.3, 0.4) is 0 Å². The Bertz CT molecular complexity index is 1370. The molecule has 0 heterocycles. The minimum Gasteiger partial charge on any atom is -0.488 e. The molecular weight excluding hydrogens is 499 g/mol. The molecule has 1 amide bonds. The molecular formula is C28H20Cl2N2O4. The van der Waals surface area contributed by atoms with Gasteiger partial charge in [-0.25, -0.2) is 10.2 Å². The smallest absolute Gasteiger partial charge is 0.343 e. The van der Waals surface area contributed by atoms with E-state index in [0.717, 1.165) is 5.56 Å². The van der Waals surface area contributed by atoms with Gasteiger partial charge in [-0.2, -0.15) is 5.10 Å². The molecule has 0 radical (unpaired) electrons. The van der Waals surface area contributed by atoms with E-state index in [-0.39, 0.29) is 0 Å². The third-order valence-corrected chi connectivity index (χ3v) is 5.49. The van der Waals surface area contributed by atoms with Crippen molar-refractivity contribution >= 4 is 41.3 Å². The second-order valence-electron chi connectivity index (χ2n) is 7.58. The number of halogens is 2. The van der Waals surface area contributed by atoms with E-state index >= 15 is 0 Å². The first-order chi connectivity index (χ1) is 17.5. The highest BCUT2D eigenvalue weighted by Gasteiger charge is 2.12. The first-order valence-electron chi connectivity index (χ1n) is 10.9. The van der Waals surface area contributed by atoms with Crippen molar-refractivity contribution in [3.63, 3.8) is 0 Å². The molecule has 4 aromatic carbocycles. The summed E-state index contributed by atoms with van der Waals surface area (Å²) in [5, 5.41) is 5.20. The predicted molar refractivity (Wildman–Crippen MR) is 140 cm³/mol. The highest BCUT2D eigenvalue weighted by molar-refractivity contribution is 6.30. The molecule has 0 atom stereocenters. The first kappa shape index (κ1) is 25.0. The van der Waals surface area contributed by atoms with Gasteiger partial charge in [0.25, 0.3) is 5.91 Å². The number of rotatable bonds is 8. The Morgan fingerprint density at radius 3 is 2.14 bits per heavy atom. The van der Waals surface area contributed by atoms with Crippen LogP contribution in [0.2, 0.25) is 10.0 Å². The number of para-hydroxylation sites is 1. The zero-order valence-electron chi connectivity index (χ0n) is 18.9. The van der Waals surface area contributed by atoms with Gasteiger partial charge in [0, 0.05) is 10.0 Å². The van der Waals surface area contributed by atoms with E-state index < -0.39 is 11.9 Å². The fourth-order valence-electron chi connectivity index (χ4n) is 3.12. The molecule has 0 aromatic heterocycles. The molecule has 0 saturated heterocycles. The third-order valence-electron chi connectivity index (χ3n) is 4.99. The number of amides is 1. The highest BCUT2D eigenvalue weighted by atomic mass is 35.5. The monoisotopic (exact) mass is 518 g/mol. The van der Waals surface area contributed by atoms with Crippen LogP contribution >= 0.6 is 23.2 Å². The summed E-state index contributed by atoms with van der Waals surface area (Å²) in [6.07, 6.45) is 1.49. The number of carbonyl (C=O) groups excluding carboxylic acids is 2. The van der Waals surface area contributed by atoms with Crippen molar-refractivity contribution in [2.75, 3.05) is 0 Å². The largest absolute Gasteiger partial charge is 0.488 e. The summed E-state index contributed by atoms with van der Waals surface area (Å²) in [5.41, 5.74) is 4.88. The number of nitrogens with zero attached hydrogens (tertiary/aromatic N) is 1. The van der Waals surface area contributed by atoms with Crippen LogP contribution in [-0.4, -0.2) is 18.1 Å². The summed E-state index contributed by atoms with van der Waals surface area (Å²) in [7, 11) is 0. The molecule has 0 unspecified atom stereocenters. The number of ether oxygens (including phenoxy) is 2. The van der Waals surface area contributed by atoms with Gasteiger partial charge in [-0.05, 0) is 83.9 Å². The summed E-state index contributed by atoms with van der Waals surface area (Å²) in [4.78, 5) is 24.9. The van der Waals surface area contributed by atoms with E-state index in [4.69, 9.17) is 32.7 Å². The van der Waals surface area contributed by atoms with Crippen molar-refractivity contribution in [2.45, 2.75) is 6.61 Å². The van der Waals surface area contributed by atoms with Crippen molar-refractivity contribution in [1.29, 1.82) is 0 Å². The lowest BCUT2D eigenvalue weighted by Gasteiger charge is -2.10. The van der Waals surface area contributed by atoms with Crippen molar-refractivity contribution in [2.24, 2.45) is 5.10 Å². The van der Waals surface area contributed by atoms with E-state index in [1.54, 1.807) is 84.9 Å². The third kappa shape index (κ3) is 6.95. The Morgan fingerprint density at radius 2 is 1.44 bits per heavy atom. The SMILES string of the molecule is O=C(Oc1ccc(/C=N\NC(=O)c2ccccc2OCc2ccc(Cl)cc2)cc1)c1ccc(Cl)cc1. The highest BCUT2D eigenvalue weighted by Crippen LogP contribution is 2.20. The lowest BCUT2D eigenvalue weighted by atomic mass is 10.2. The van der Waals surface area contributed by atoms with E-state index in [1.807, 2.05) is 12.1 Å². The number of nitrogens with one attached hydrogen (secondary N) is 1. The number of hydrogen-bond acceptors (Lipinski definition) is 5. The number of esters is 1. The van der Waals surface area contributed by atoms with Crippen LogP contribution in [0, 0.1) is 0 Å². The van der Waals surface area contributed by atoms with Crippen molar-refractivity contribution in [1.82, 2.24) is 5.43 Å². The van der Waals surface area contributed by atoms with Crippen molar-refractivity contribution < 1.29 is 19.1 Å². The maximum Gasteiger partial charge on any atom is 0.343 e. The predicted octanol–water partition coefficient (Wildman–Crippen LogP) is 6.56. The van der Waals surface area contributed by atoms with Crippen LogP contribution in [0.15, 0.2) is 102 Å². The Kier molecular flexibility index (Phi) is 8.34. The number of carbonyl (C=O) groups is 2. The molecule has 6 nitrogen and oxygen atoms in total. The molecule has 8 heteroatoms. The molecule has 0 bridgehead atoms. The quantitative estimate of drug-likeness (QED) is 0.124. The first-order valence-corrected chi connectivity index (χ1v) is 11.6. The lowest BCUT2D eigenvalue weighted by Crippen LogP contribution is -2.18. The molecule has 1 N–H and O–H groups in total. The van der Waals surface area contributed by atoms with Crippen LogP contribution < -0.4 is 14.9 Å². The molecule has 180 valence electrons. The van der Waals surface area contributed by atoms with E-state index in [0.29, 0.717) is 44.8 Å². The fraction of sp³-hybridized carbons (Fsp3) is 0.0357. The summed E-state index contributed by atoms with van der Waals surface area (Å²) in [6, 6.07) is 27.3. The Balaban J connectivity index is 1.32. The van der Waals surface area contributed by atoms with Gasteiger partial charge in [0.1, 0.15) is 18.1 Å². The molecule has 0 fully saturated rings. The number of hydrazone groups is 1. The van der Waals surface area contributed by atoms with Crippen molar-refractivity contribution in [3.8, 4) is 11.5 Å². The number of benzene rings is 4. The van der Waals surface area contributed by atoms with Gasteiger partial charge >= 0.3 is 5.97 Å². The van der Waals surface area contributed by atoms with E-state index in [1.165, 1.54) is 6.21 Å². The molecule has 0 saturated carbocycles. The van der Waals surface area contributed by atoms with Crippen LogP contribution in [0.1, 0.15) is 31.8 Å². The number of hydrogen-bond donors (Lipinski definition) is 1. The molecule has 4 rings (SSSR count). The lowest BCUT2D eigenvalue weighted by molar-refractivity contribution is 0.0734. The summed E-state index contributed by atoms with van der Waals surface area (Å²) >= 11 is 11.8. The second-order valence-corrected chi connectivity index (χ2v) is 8.45. The topological polar surface area (TPSA) is 77.0 Å². The van der Waals surface area contributed by atoms with Crippen LogP contribution in [0.5, 0.6) is 11.5 Å². The normalized spacial score (nSPS) is 10.7. The van der Waals surface area contributed by atoms with Gasteiger partial charge < -0.3 is 9.47 Å². The zero-order valence-corrected chi connectivity index (χ0v) is 20.4. The minimum atomic E-state index is -0.489. The Hall–Kier alpha value is -4.13. The standard InChI is InChI=1S/C28H20Cl2N2O4/c29-22-11-5-20(6-12-22)18-35-26-4-2-1-3-25(26)27(33)32-31-17-19-7-15-24(16-8-19)36-28(34)21-9-13-23(30)14-10-21/h1-17H,18H2,(H,32,33)/b31-17-. The van der Waals surface area contributed by atoms with Gasteiger partial charge in [0.15, 0.2) is 0 Å². The fourth-order valence-corrected chi connectivity index (χ4v) is 3.37. The average Bonchev–Trinajstić information content (AvgIpc) is 2.90. The second kappa shape index (κ2) is 12.0. The zero-order chi connectivity index (χ0) is 25.3. The maximum atomic E-state index is 12.7. The average molecular weight is 519 g/mol. The summed E-state index contributed by atoms with van der Waals surface area (Å²) in [5.74, 6) is -0.0846. The molecule has 36 heavy (non-hydrogen) atoms. The molecule has 4 aromatic rings. The van der Waals surface area contributed by atoms with E-state index in [2.05, 4.69) is 10.5 Å². The molecule has 0 aliphatic rings. The van der Waals surface area contributed by atoms with Crippen LogP contribution in [-0.2, 0) is 6.61 Å². The van der Waals surface area contributed by atoms with Gasteiger partial charge in [-0.1, -0.05) is 47.5 Å². The molecule has 0 aliphatic heterocycles. The Morgan fingerprint density at radius 1 is 0.806 bits per heavy atom.